The molecule has 2 fully saturated rings. The van der Waals surface area contributed by atoms with Crippen LogP contribution in [-0.4, -0.2) is 54.8 Å². The number of halogens is 1. The number of piperazine rings is 1. The molecule has 0 amide bonds. The molecule has 2 saturated heterocycles. The summed E-state index contributed by atoms with van der Waals surface area (Å²) < 4.78 is 6.54. The first kappa shape index (κ1) is 12.6. The molecule has 0 radical (unpaired) electrons. The molecule has 1 aromatic rings. The van der Waals surface area contributed by atoms with E-state index in [0.29, 0.717) is 0 Å². The van der Waals surface area contributed by atoms with Gasteiger partial charge in [0.25, 0.3) is 0 Å². The Kier molecular flexibility index (Phi) is 3.46. The monoisotopic (exact) mass is 359 g/mol. The molecule has 2 aliphatic rings. The van der Waals surface area contributed by atoms with Gasteiger partial charge in [0.15, 0.2) is 0 Å². The first-order valence-electron chi connectivity index (χ1n) is 6.37. The average Bonchev–Trinajstić information content (AvgIpc) is 2.37. The van der Waals surface area contributed by atoms with E-state index in [4.69, 9.17) is 4.74 Å². The first-order chi connectivity index (χ1) is 8.67. The maximum absolute atomic E-state index is 5.35. The Labute approximate surface area is 121 Å². The summed E-state index contributed by atoms with van der Waals surface area (Å²) >= 11 is 2.29. The minimum Gasteiger partial charge on any atom is -0.377 e. The van der Waals surface area contributed by atoms with Crippen molar-refractivity contribution in [2.45, 2.75) is 12.5 Å². The van der Waals surface area contributed by atoms with Gasteiger partial charge in [-0.1, -0.05) is 0 Å². The molecule has 1 aromatic heterocycles. The standard InChI is InChI=1S/C13H18IN3O/c1-13(9-18-10-13)17-6-4-16(5-7-17)12-3-2-11(14)8-15-12/h2-3,8H,4-7,9-10H2,1H3. The van der Waals surface area contributed by atoms with Gasteiger partial charge in [0, 0.05) is 35.9 Å². The summed E-state index contributed by atoms with van der Waals surface area (Å²) in [6, 6.07) is 4.24. The van der Waals surface area contributed by atoms with Crippen LogP contribution < -0.4 is 4.90 Å². The second kappa shape index (κ2) is 4.94. The zero-order valence-corrected chi connectivity index (χ0v) is 12.8. The van der Waals surface area contributed by atoms with Crippen molar-refractivity contribution < 1.29 is 4.74 Å². The summed E-state index contributed by atoms with van der Waals surface area (Å²) in [4.78, 5) is 9.42. The zero-order valence-electron chi connectivity index (χ0n) is 10.6. The Morgan fingerprint density at radius 1 is 1.22 bits per heavy atom. The number of rotatable bonds is 2. The van der Waals surface area contributed by atoms with E-state index in [2.05, 4.69) is 56.4 Å². The van der Waals surface area contributed by atoms with Gasteiger partial charge in [0.05, 0.1) is 18.8 Å². The maximum atomic E-state index is 5.35. The van der Waals surface area contributed by atoms with Gasteiger partial charge in [-0.3, -0.25) is 4.90 Å². The second-order valence-electron chi connectivity index (χ2n) is 5.30. The van der Waals surface area contributed by atoms with Crippen molar-refractivity contribution in [3.05, 3.63) is 21.9 Å². The van der Waals surface area contributed by atoms with Crippen molar-refractivity contribution in [2.24, 2.45) is 0 Å². The Morgan fingerprint density at radius 3 is 2.44 bits per heavy atom. The van der Waals surface area contributed by atoms with E-state index >= 15 is 0 Å². The Balaban J connectivity index is 1.61. The van der Waals surface area contributed by atoms with Crippen molar-refractivity contribution in [1.82, 2.24) is 9.88 Å². The molecule has 0 N–H and O–H groups in total. The molecule has 0 bridgehead atoms. The molecule has 0 atom stereocenters. The predicted molar refractivity (Wildman–Crippen MR) is 80.0 cm³/mol. The lowest BCUT2D eigenvalue weighted by molar-refractivity contribution is -0.131. The highest BCUT2D eigenvalue weighted by molar-refractivity contribution is 14.1. The van der Waals surface area contributed by atoms with Gasteiger partial charge in [-0.05, 0) is 41.6 Å². The molecule has 0 unspecified atom stereocenters. The van der Waals surface area contributed by atoms with E-state index in [1.54, 1.807) is 0 Å². The van der Waals surface area contributed by atoms with E-state index in [1.807, 2.05) is 6.20 Å². The van der Waals surface area contributed by atoms with Crippen molar-refractivity contribution >= 4 is 28.4 Å². The fraction of sp³-hybridized carbons (Fsp3) is 0.615. The van der Waals surface area contributed by atoms with Gasteiger partial charge in [0.2, 0.25) is 0 Å². The SMILES string of the molecule is CC1(N2CCN(c3ccc(I)cn3)CC2)COC1. The van der Waals surface area contributed by atoms with Crippen LogP contribution in [0.4, 0.5) is 5.82 Å². The fourth-order valence-electron chi connectivity index (χ4n) is 2.61. The fourth-order valence-corrected chi connectivity index (χ4v) is 2.93. The topological polar surface area (TPSA) is 28.6 Å². The Morgan fingerprint density at radius 2 is 1.94 bits per heavy atom. The number of hydrogen-bond acceptors (Lipinski definition) is 4. The maximum Gasteiger partial charge on any atom is 0.128 e. The molecule has 0 spiro atoms. The lowest BCUT2D eigenvalue weighted by Crippen LogP contribution is -2.64. The highest BCUT2D eigenvalue weighted by atomic mass is 127. The second-order valence-corrected chi connectivity index (χ2v) is 6.54. The predicted octanol–water partition coefficient (Wildman–Crippen LogP) is 1.60. The molecule has 5 heteroatoms. The van der Waals surface area contributed by atoms with Crippen molar-refractivity contribution in [1.29, 1.82) is 0 Å². The summed E-state index contributed by atoms with van der Waals surface area (Å²) in [5.74, 6) is 1.10. The first-order valence-corrected chi connectivity index (χ1v) is 7.45. The lowest BCUT2D eigenvalue weighted by Gasteiger charge is -2.50. The molecule has 0 aliphatic carbocycles. The number of nitrogens with zero attached hydrogens (tertiary/aromatic N) is 3. The van der Waals surface area contributed by atoms with Crippen LogP contribution >= 0.6 is 22.6 Å². The van der Waals surface area contributed by atoms with E-state index in [-0.39, 0.29) is 5.54 Å². The molecule has 0 aromatic carbocycles. The highest BCUT2D eigenvalue weighted by Crippen LogP contribution is 2.26. The summed E-state index contributed by atoms with van der Waals surface area (Å²) in [7, 11) is 0. The molecule has 98 valence electrons. The number of pyridine rings is 1. The molecule has 18 heavy (non-hydrogen) atoms. The molecule has 2 aliphatic heterocycles. The van der Waals surface area contributed by atoms with Crippen LogP contribution in [0.3, 0.4) is 0 Å². The largest absolute Gasteiger partial charge is 0.377 e. The summed E-state index contributed by atoms with van der Waals surface area (Å²) in [6.45, 7) is 8.40. The van der Waals surface area contributed by atoms with Crippen LogP contribution in [0.25, 0.3) is 0 Å². The number of hydrogen-bond donors (Lipinski definition) is 0. The average molecular weight is 359 g/mol. The van der Waals surface area contributed by atoms with Gasteiger partial charge < -0.3 is 9.64 Å². The van der Waals surface area contributed by atoms with Gasteiger partial charge >= 0.3 is 0 Å². The van der Waals surface area contributed by atoms with Crippen LogP contribution in [0, 0.1) is 3.57 Å². The minimum absolute atomic E-state index is 0.283. The smallest absolute Gasteiger partial charge is 0.128 e. The summed E-state index contributed by atoms with van der Waals surface area (Å²) in [5, 5.41) is 0. The number of anilines is 1. The van der Waals surface area contributed by atoms with Gasteiger partial charge in [-0.25, -0.2) is 4.98 Å². The Bertz CT molecular complexity index is 411. The molecule has 3 heterocycles. The third kappa shape index (κ3) is 2.35. The van der Waals surface area contributed by atoms with Crippen molar-refractivity contribution in [3.63, 3.8) is 0 Å². The zero-order chi connectivity index (χ0) is 12.6. The summed E-state index contributed by atoms with van der Waals surface area (Å²) in [6.07, 6.45) is 1.93. The van der Waals surface area contributed by atoms with E-state index < -0.39 is 0 Å². The van der Waals surface area contributed by atoms with Gasteiger partial charge in [0.1, 0.15) is 5.82 Å². The van der Waals surface area contributed by atoms with Crippen molar-refractivity contribution in [3.8, 4) is 0 Å². The van der Waals surface area contributed by atoms with Gasteiger partial charge in [-0.15, -0.1) is 0 Å². The molecule has 4 nitrogen and oxygen atoms in total. The van der Waals surface area contributed by atoms with Crippen LogP contribution in [0.1, 0.15) is 6.92 Å². The third-order valence-electron chi connectivity index (χ3n) is 3.90. The lowest BCUT2D eigenvalue weighted by atomic mass is 9.97. The van der Waals surface area contributed by atoms with Crippen molar-refractivity contribution in [2.75, 3.05) is 44.3 Å². The number of aromatic nitrogens is 1. The normalized spacial score (nSPS) is 23.8. The minimum atomic E-state index is 0.283. The third-order valence-corrected chi connectivity index (χ3v) is 4.54. The molecule has 3 rings (SSSR count). The van der Waals surface area contributed by atoms with E-state index in [1.165, 1.54) is 3.57 Å². The Hall–Kier alpha value is -0.400. The molecular formula is C13H18IN3O. The van der Waals surface area contributed by atoms with Crippen LogP contribution in [-0.2, 0) is 4.74 Å². The molecule has 0 saturated carbocycles. The van der Waals surface area contributed by atoms with Crippen LogP contribution in [0.2, 0.25) is 0 Å². The van der Waals surface area contributed by atoms with Crippen LogP contribution in [0.15, 0.2) is 18.3 Å². The molecular weight excluding hydrogens is 341 g/mol. The van der Waals surface area contributed by atoms with Gasteiger partial charge in [-0.2, -0.15) is 0 Å². The summed E-state index contributed by atoms with van der Waals surface area (Å²) in [5.41, 5.74) is 0.283. The van der Waals surface area contributed by atoms with Crippen LogP contribution in [0.5, 0.6) is 0 Å². The van der Waals surface area contributed by atoms with E-state index in [9.17, 15) is 0 Å². The highest BCUT2D eigenvalue weighted by Gasteiger charge is 2.40. The quantitative estimate of drug-likeness (QED) is 0.750. The number of ether oxygens (including phenoxy) is 1. The van der Waals surface area contributed by atoms with E-state index in [0.717, 1.165) is 45.2 Å².